The van der Waals surface area contributed by atoms with Gasteiger partial charge in [0.2, 0.25) is 11.6 Å². The number of benzene rings is 1. The maximum atomic E-state index is 12.3. The predicted molar refractivity (Wildman–Crippen MR) is 96.0 cm³/mol. The van der Waals surface area contributed by atoms with Gasteiger partial charge in [-0.05, 0) is 25.5 Å². The van der Waals surface area contributed by atoms with Crippen molar-refractivity contribution in [3.05, 3.63) is 48.9 Å². The van der Waals surface area contributed by atoms with Gasteiger partial charge >= 0.3 is 5.69 Å². The Labute approximate surface area is 160 Å². The number of rotatable bonds is 3. The SMILES string of the molecule is Cc1c(C)c(C)[n+]([O-])c(Br)c1-c1nnc(-c2cc(O)c(O)c([N+](=O)[O-])c2)o1. The van der Waals surface area contributed by atoms with E-state index >= 15 is 0 Å². The van der Waals surface area contributed by atoms with E-state index in [1.165, 1.54) is 0 Å². The summed E-state index contributed by atoms with van der Waals surface area (Å²) in [6.45, 7) is 5.26. The molecular weight excluding hydrogens is 424 g/mol. The Balaban J connectivity index is 2.17. The van der Waals surface area contributed by atoms with Crippen molar-refractivity contribution in [2.45, 2.75) is 20.8 Å². The monoisotopic (exact) mass is 436 g/mol. The number of hydrogen-bond acceptors (Lipinski definition) is 8. The smallest absolute Gasteiger partial charge is 0.315 e. The van der Waals surface area contributed by atoms with Gasteiger partial charge in [-0.15, -0.1) is 10.2 Å². The predicted octanol–water partition coefficient (Wildman–Crippen LogP) is 3.04. The van der Waals surface area contributed by atoms with Crippen molar-refractivity contribution in [2.24, 2.45) is 0 Å². The molecule has 0 unspecified atom stereocenters. The summed E-state index contributed by atoms with van der Waals surface area (Å²) in [6.07, 6.45) is 0. The van der Waals surface area contributed by atoms with Crippen LogP contribution in [-0.4, -0.2) is 25.3 Å². The van der Waals surface area contributed by atoms with Crippen LogP contribution < -0.4 is 4.73 Å². The third-order valence-electron chi connectivity index (χ3n) is 4.32. The van der Waals surface area contributed by atoms with Crippen LogP contribution in [0.1, 0.15) is 16.8 Å². The minimum absolute atomic E-state index is 0.0253. The van der Waals surface area contributed by atoms with E-state index < -0.39 is 22.1 Å². The minimum atomic E-state index is -0.858. The van der Waals surface area contributed by atoms with Crippen LogP contribution in [0, 0.1) is 36.1 Å². The molecule has 0 bridgehead atoms. The molecule has 0 aliphatic heterocycles. The first-order valence-corrected chi connectivity index (χ1v) is 8.36. The van der Waals surface area contributed by atoms with Gasteiger partial charge < -0.3 is 19.8 Å². The van der Waals surface area contributed by atoms with Crippen molar-refractivity contribution in [1.29, 1.82) is 0 Å². The zero-order chi connectivity index (χ0) is 20.0. The highest BCUT2D eigenvalue weighted by Gasteiger charge is 2.26. The molecule has 3 aromatic rings. The Morgan fingerprint density at radius 3 is 2.41 bits per heavy atom. The number of aromatic hydroxyl groups is 2. The fourth-order valence-corrected chi connectivity index (χ4v) is 3.30. The number of hydrogen-bond donors (Lipinski definition) is 2. The molecule has 0 saturated heterocycles. The van der Waals surface area contributed by atoms with Gasteiger partial charge in [0.05, 0.1) is 4.92 Å². The second kappa shape index (κ2) is 6.50. The van der Waals surface area contributed by atoms with Crippen LogP contribution in [0.3, 0.4) is 0 Å². The number of pyridine rings is 1. The Morgan fingerprint density at radius 2 is 1.78 bits per heavy atom. The minimum Gasteiger partial charge on any atom is -0.618 e. The van der Waals surface area contributed by atoms with E-state index in [1.54, 1.807) is 20.8 Å². The maximum absolute atomic E-state index is 12.3. The molecule has 1 aromatic carbocycles. The van der Waals surface area contributed by atoms with Crippen molar-refractivity contribution in [3.8, 4) is 34.4 Å². The molecule has 0 radical (unpaired) electrons. The van der Waals surface area contributed by atoms with Gasteiger partial charge in [-0.3, -0.25) is 10.1 Å². The molecule has 0 atom stereocenters. The van der Waals surface area contributed by atoms with Crippen molar-refractivity contribution in [2.75, 3.05) is 0 Å². The zero-order valence-electron chi connectivity index (χ0n) is 14.3. The van der Waals surface area contributed by atoms with Crippen LogP contribution in [0.4, 0.5) is 5.69 Å². The summed E-state index contributed by atoms with van der Waals surface area (Å²) in [7, 11) is 0. The molecule has 27 heavy (non-hydrogen) atoms. The van der Waals surface area contributed by atoms with Crippen LogP contribution in [0.15, 0.2) is 21.2 Å². The van der Waals surface area contributed by atoms with E-state index in [9.17, 15) is 25.5 Å². The Kier molecular flexibility index (Phi) is 4.47. The van der Waals surface area contributed by atoms with Crippen molar-refractivity contribution in [1.82, 2.24) is 10.2 Å². The van der Waals surface area contributed by atoms with E-state index in [2.05, 4.69) is 26.1 Å². The van der Waals surface area contributed by atoms with Gasteiger partial charge in [0.15, 0.2) is 11.4 Å². The summed E-state index contributed by atoms with van der Waals surface area (Å²) in [6, 6.07) is 2.07. The second-order valence-corrected chi connectivity index (χ2v) is 6.58. The Hall–Kier alpha value is -3.21. The van der Waals surface area contributed by atoms with Gasteiger partial charge in [0.1, 0.15) is 5.56 Å². The summed E-state index contributed by atoms with van der Waals surface area (Å²) in [5.74, 6) is -1.65. The molecule has 0 spiro atoms. The number of nitrogens with zero attached hydrogens (tertiary/aromatic N) is 4. The van der Waals surface area contributed by atoms with E-state index in [0.717, 1.165) is 23.3 Å². The molecule has 0 amide bonds. The number of halogens is 1. The molecule has 0 aliphatic rings. The highest BCUT2D eigenvalue weighted by Crippen LogP contribution is 2.40. The molecule has 2 aromatic heterocycles. The van der Waals surface area contributed by atoms with E-state index in [0.29, 0.717) is 16.0 Å². The molecule has 0 aliphatic carbocycles. The number of phenols is 2. The molecule has 0 saturated carbocycles. The normalized spacial score (nSPS) is 11.0. The third-order valence-corrected chi connectivity index (χ3v) is 5.04. The van der Waals surface area contributed by atoms with Crippen LogP contribution in [-0.2, 0) is 0 Å². The van der Waals surface area contributed by atoms with Crippen LogP contribution in [0.5, 0.6) is 11.5 Å². The summed E-state index contributed by atoms with van der Waals surface area (Å²) < 4.78 is 6.46. The van der Waals surface area contributed by atoms with Crippen molar-refractivity contribution in [3.63, 3.8) is 0 Å². The first kappa shape index (κ1) is 18.6. The number of phenolic OH excluding ortho intramolecular Hbond substituents is 2. The van der Waals surface area contributed by atoms with Crippen molar-refractivity contribution >= 4 is 21.6 Å². The topological polar surface area (TPSA) is 149 Å². The number of nitro groups is 1. The van der Waals surface area contributed by atoms with E-state index in [1.807, 2.05) is 0 Å². The zero-order valence-corrected chi connectivity index (χ0v) is 15.9. The highest BCUT2D eigenvalue weighted by atomic mass is 79.9. The average molecular weight is 437 g/mol. The van der Waals surface area contributed by atoms with Gasteiger partial charge in [0, 0.05) is 40.0 Å². The van der Waals surface area contributed by atoms with Gasteiger partial charge in [0.25, 0.3) is 10.5 Å². The third kappa shape index (κ3) is 2.95. The quantitative estimate of drug-likeness (QED) is 0.159. The Bertz CT molecular complexity index is 1070. The van der Waals surface area contributed by atoms with Crippen molar-refractivity contribution < 1.29 is 24.3 Å². The van der Waals surface area contributed by atoms with Gasteiger partial charge in [-0.25, -0.2) is 0 Å². The second-order valence-electron chi connectivity index (χ2n) is 5.83. The summed E-state index contributed by atoms with van der Waals surface area (Å²) in [5.41, 5.74) is 1.75. The summed E-state index contributed by atoms with van der Waals surface area (Å²) >= 11 is 3.23. The lowest BCUT2D eigenvalue weighted by Gasteiger charge is -2.11. The first-order chi connectivity index (χ1) is 12.6. The van der Waals surface area contributed by atoms with Gasteiger partial charge in [-0.1, -0.05) is 0 Å². The molecular formula is C16H13BrN4O6. The van der Waals surface area contributed by atoms with E-state index in [-0.39, 0.29) is 21.9 Å². The fourth-order valence-electron chi connectivity index (χ4n) is 2.57. The highest BCUT2D eigenvalue weighted by molar-refractivity contribution is 9.10. The van der Waals surface area contributed by atoms with E-state index in [4.69, 9.17) is 4.42 Å². The fraction of sp³-hybridized carbons (Fsp3) is 0.188. The number of aromatic nitrogens is 3. The first-order valence-electron chi connectivity index (χ1n) is 7.56. The standard InChI is InChI=1S/C16H13BrN4O6/c1-6-7(2)12(14(17)20(24)8(6)3)16-19-18-15(27-16)9-4-10(21(25)26)13(23)11(22)5-9/h4-5,22-23H,1-3H3. The maximum Gasteiger partial charge on any atom is 0.315 e. The Morgan fingerprint density at radius 1 is 1.15 bits per heavy atom. The summed E-state index contributed by atoms with van der Waals surface area (Å²) in [5, 5.41) is 50.3. The molecule has 2 heterocycles. The van der Waals surface area contributed by atoms with Crippen LogP contribution in [0.2, 0.25) is 0 Å². The largest absolute Gasteiger partial charge is 0.618 e. The lowest BCUT2D eigenvalue weighted by Crippen LogP contribution is -2.34. The molecule has 11 heteroatoms. The molecule has 140 valence electrons. The van der Waals surface area contributed by atoms with Crippen LogP contribution >= 0.6 is 15.9 Å². The molecule has 2 N–H and O–H groups in total. The molecule has 10 nitrogen and oxygen atoms in total. The molecule has 3 rings (SSSR count). The van der Waals surface area contributed by atoms with Gasteiger partial charge in [-0.2, -0.15) is 4.73 Å². The lowest BCUT2D eigenvalue weighted by molar-refractivity contribution is -0.623. The van der Waals surface area contributed by atoms with Crippen LogP contribution in [0.25, 0.3) is 22.9 Å². The number of nitro benzene ring substituents is 1. The molecule has 0 fully saturated rings. The summed E-state index contributed by atoms with van der Waals surface area (Å²) in [4.78, 5) is 10.2. The lowest BCUT2D eigenvalue weighted by atomic mass is 10.0. The average Bonchev–Trinajstić information content (AvgIpc) is 3.10.